The van der Waals surface area contributed by atoms with E-state index in [4.69, 9.17) is 4.74 Å². The second-order valence-electron chi connectivity index (χ2n) is 4.92. The summed E-state index contributed by atoms with van der Waals surface area (Å²) in [6, 6.07) is 3.51. The number of aromatic nitrogens is 2. The first-order chi connectivity index (χ1) is 10.1. The van der Waals surface area contributed by atoms with Crippen LogP contribution in [0.15, 0.2) is 30.6 Å². The van der Waals surface area contributed by atoms with E-state index in [1.54, 1.807) is 6.20 Å². The molecule has 0 unspecified atom stereocenters. The monoisotopic (exact) mass is 295 g/mol. The van der Waals surface area contributed by atoms with E-state index in [1.165, 1.54) is 6.07 Å². The average Bonchev–Trinajstić information content (AvgIpc) is 2.88. The largest absolute Gasteiger partial charge is 0.491 e. The fourth-order valence-electron chi connectivity index (χ4n) is 1.90. The van der Waals surface area contributed by atoms with Crippen LogP contribution in [-0.4, -0.2) is 22.4 Å². The molecular formula is C15H19F2N3O. The highest BCUT2D eigenvalue weighted by molar-refractivity contribution is 5.39. The van der Waals surface area contributed by atoms with Crippen molar-refractivity contribution in [3.63, 3.8) is 0 Å². The van der Waals surface area contributed by atoms with Gasteiger partial charge in [-0.25, -0.2) is 8.78 Å². The molecule has 4 nitrogen and oxygen atoms in total. The Hall–Kier alpha value is -2.11. The lowest BCUT2D eigenvalue weighted by Crippen LogP contribution is -2.23. The number of nitrogens with one attached hydrogen (secondary N) is 1. The maximum Gasteiger partial charge on any atom is 0.162 e. The molecule has 2 rings (SSSR count). The number of hydrogen-bond donors (Lipinski definition) is 1. The number of anilines is 1. The molecule has 1 heterocycles. The fraction of sp³-hybridized carbons (Fsp3) is 0.400. The van der Waals surface area contributed by atoms with E-state index < -0.39 is 11.6 Å². The van der Waals surface area contributed by atoms with Gasteiger partial charge in [0.25, 0.3) is 0 Å². The van der Waals surface area contributed by atoms with Crippen molar-refractivity contribution in [3.8, 4) is 5.75 Å². The molecule has 0 bridgehead atoms. The topological polar surface area (TPSA) is 39.1 Å². The van der Waals surface area contributed by atoms with Crippen molar-refractivity contribution in [2.24, 2.45) is 0 Å². The van der Waals surface area contributed by atoms with Crippen molar-refractivity contribution in [1.82, 2.24) is 9.78 Å². The smallest absolute Gasteiger partial charge is 0.162 e. The molecule has 1 N–H and O–H groups in total. The molecular weight excluding hydrogens is 276 g/mol. The number of halogens is 2. The minimum Gasteiger partial charge on any atom is -0.491 e. The zero-order chi connectivity index (χ0) is 15.2. The number of rotatable bonds is 7. The second kappa shape index (κ2) is 7.06. The summed E-state index contributed by atoms with van der Waals surface area (Å²) in [4.78, 5) is 0. The predicted octanol–water partition coefficient (Wildman–Crippen LogP) is 3.45. The van der Waals surface area contributed by atoms with Gasteiger partial charge in [-0.05, 0) is 25.5 Å². The van der Waals surface area contributed by atoms with Gasteiger partial charge in [-0.2, -0.15) is 5.10 Å². The van der Waals surface area contributed by atoms with Crippen molar-refractivity contribution < 1.29 is 13.5 Å². The first-order valence-corrected chi connectivity index (χ1v) is 6.95. The van der Waals surface area contributed by atoms with Crippen LogP contribution in [0.3, 0.4) is 0 Å². The van der Waals surface area contributed by atoms with Crippen LogP contribution in [0.2, 0.25) is 0 Å². The fourth-order valence-corrected chi connectivity index (χ4v) is 1.90. The Labute approximate surface area is 122 Å². The van der Waals surface area contributed by atoms with E-state index in [0.717, 1.165) is 30.8 Å². The van der Waals surface area contributed by atoms with Crippen LogP contribution in [0.1, 0.15) is 20.3 Å². The Morgan fingerprint density at radius 1 is 1.33 bits per heavy atom. The van der Waals surface area contributed by atoms with Crippen molar-refractivity contribution >= 4 is 5.69 Å². The molecule has 1 atom stereocenters. The quantitative estimate of drug-likeness (QED) is 0.850. The third kappa shape index (κ3) is 4.44. The molecule has 1 aromatic heterocycles. The van der Waals surface area contributed by atoms with Gasteiger partial charge in [0.1, 0.15) is 12.4 Å². The Morgan fingerprint density at radius 3 is 2.86 bits per heavy atom. The summed E-state index contributed by atoms with van der Waals surface area (Å²) in [6.45, 7) is 5.25. The van der Waals surface area contributed by atoms with E-state index in [2.05, 4.69) is 17.3 Å². The van der Waals surface area contributed by atoms with Crippen molar-refractivity contribution in [2.45, 2.75) is 32.9 Å². The maximum absolute atomic E-state index is 13.0. The van der Waals surface area contributed by atoms with Gasteiger partial charge in [0.05, 0.1) is 17.9 Å². The molecule has 0 fully saturated rings. The Balaban J connectivity index is 1.83. The van der Waals surface area contributed by atoms with Crippen LogP contribution in [0.5, 0.6) is 5.75 Å². The van der Waals surface area contributed by atoms with Gasteiger partial charge in [0, 0.05) is 18.8 Å². The zero-order valence-corrected chi connectivity index (χ0v) is 12.1. The van der Waals surface area contributed by atoms with Gasteiger partial charge in [-0.3, -0.25) is 4.68 Å². The number of ether oxygens (including phenoxy) is 1. The first-order valence-electron chi connectivity index (χ1n) is 6.95. The summed E-state index contributed by atoms with van der Waals surface area (Å²) in [6.07, 6.45) is 4.71. The van der Waals surface area contributed by atoms with Crippen molar-refractivity contribution in [3.05, 3.63) is 42.2 Å². The van der Waals surface area contributed by atoms with Crippen LogP contribution in [-0.2, 0) is 6.54 Å². The minimum atomic E-state index is -0.908. The summed E-state index contributed by atoms with van der Waals surface area (Å²) in [7, 11) is 0. The number of aryl methyl sites for hydroxylation is 1. The van der Waals surface area contributed by atoms with E-state index >= 15 is 0 Å². The van der Waals surface area contributed by atoms with Crippen molar-refractivity contribution in [1.29, 1.82) is 0 Å². The third-order valence-corrected chi connectivity index (χ3v) is 2.89. The lowest BCUT2D eigenvalue weighted by Gasteiger charge is -2.15. The van der Waals surface area contributed by atoms with E-state index in [1.807, 2.05) is 17.8 Å². The summed E-state index contributed by atoms with van der Waals surface area (Å²) < 4.78 is 33.1. The molecule has 0 aliphatic rings. The molecule has 0 radical (unpaired) electrons. The number of hydrogen-bond acceptors (Lipinski definition) is 3. The average molecular weight is 295 g/mol. The lowest BCUT2D eigenvalue weighted by atomic mass is 10.3. The molecule has 0 aliphatic carbocycles. The summed E-state index contributed by atoms with van der Waals surface area (Å²) >= 11 is 0. The maximum atomic E-state index is 13.0. The molecule has 0 aliphatic heterocycles. The van der Waals surface area contributed by atoms with Gasteiger partial charge < -0.3 is 10.1 Å². The Kier molecular flexibility index (Phi) is 5.14. The molecule has 6 heteroatoms. The minimum absolute atomic E-state index is 0.0115. The van der Waals surface area contributed by atoms with Crippen LogP contribution in [0.4, 0.5) is 14.5 Å². The van der Waals surface area contributed by atoms with Gasteiger partial charge >= 0.3 is 0 Å². The molecule has 1 aromatic carbocycles. The zero-order valence-electron chi connectivity index (χ0n) is 12.1. The highest BCUT2D eigenvalue weighted by Gasteiger charge is 2.07. The van der Waals surface area contributed by atoms with Crippen molar-refractivity contribution in [2.75, 3.05) is 11.9 Å². The SMILES string of the molecule is CCCn1cc(N[C@H](C)COc2ccc(F)c(F)c2)cn1. The van der Waals surface area contributed by atoms with Gasteiger partial charge in [0.15, 0.2) is 11.6 Å². The highest BCUT2D eigenvalue weighted by atomic mass is 19.2. The molecule has 0 spiro atoms. The Bertz CT molecular complexity index is 586. The van der Waals surface area contributed by atoms with Gasteiger partial charge in [0.2, 0.25) is 0 Å². The second-order valence-corrected chi connectivity index (χ2v) is 4.92. The standard InChI is InChI=1S/C15H19F2N3O/c1-3-6-20-9-12(8-18-20)19-11(2)10-21-13-4-5-14(16)15(17)7-13/h4-5,7-9,11,19H,3,6,10H2,1-2H3/t11-/m1/s1. The van der Waals surface area contributed by atoms with Crippen LogP contribution >= 0.6 is 0 Å². The Morgan fingerprint density at radius 2 is 2.14 bits per heavy atom. The van der Waals surface area contributed by atoms with Gasteiger partial charge in [-0.1, -0.05) is 6.92 Å². The number of benzene rings is 1. The molecule has 114 valence electrons. The van der Waals surface area contributed by atoms with E-state index in [0.29, 0.717) is 12.4 Å². The lowest BCUT2D eigenvalue weighted by molar-refractivity contribution is 0.301. The summed E-state index contributed by atoms with van der Waals surface area (Å²) in [5.74, 6) is -1.48. The number of nitrogens with zero attached hydrogens (tertiary/aromatic N) is 2. The molecule has 2 aromatic rings. The molecule has 0 amide bonds. The van der Waals surface area contributed by atoms with Gasteiger partial charge in [-0.15, -0.1) is 0 Å². The third-order valence-electron chi connectivity index (χ3n) is 2.89. The molecule has 0 saturated heterocycles. The first kappa shape index (κ1) is 15.3. The summed E-state index contributed by atoms with van der Waals surface area (Å²) in [5, 5.41) is 7.46. The normalized spacial score (nSPS) is 12.2. The molecule has 0 saturated carbocycles. The van der Waals surface area contributed by atoms with Crippen LogP contribution < -0.4 is 10.1 Å². The highest BCUT2D eigenvalue weighted by Crippen LogP contribution is 2.16. The van der Waals surface area contributed by atoms with Crippen LogP contribution in [0.25, 0.3) is 0 Å². The van der Waals surface area contributed by atoms with E-state index in [9.17, 15) is 8.78 Å². The molecule has 21 heavy (non-hydrogen) atoms. The van der Waals surface area contributed by atoms with Crippen LogP contribution in [0, 0.1) is 11.6 Å². The summed E-state index contributed by atoms with van der Waals surface area (Å²) in [5.41, 5.74) is 0.907. The van der Waals surface area contributed by atoms with E-state index in [-0.39, 0.29) is 6.04 Å². The predicted molar refractivity (Wildman–Crippen MR) is 77.5 cm³/mol.